The Hall–Kier alpha value is -2.05. The van der Waals surface area contributed by atoms with Crippen LogP contribution < -0.4 is 10.1 Å². The van der Waals surface area contributed by atoms with Crippen molar-refractivity contribution in [3.63, 3.8) is 0 Å². The zero-order valence-electron chi connectivity index (χ0n) is 14.8. The number of ether oxygens (including phenoxy) is 2. The Morgan fingerprint density at radius 3 is 2.96 bits per heavy atom. The highest BCUT2D eigenvalue weighted by molar-refractivity contribution is 6.31. The molecule has 134 valence electrons. The van der Waals surface area contributed by atoms with Crippen molar-refractivity contribution in [2.75, 3.05) is 7.11 Å². The van der Waals surface area contributed by atoms with Crippen molar-refractivity contribution in [2.24, 2.45) is 7.05 Å². The highest BCUT2D eigenvalue weighted by Gasteiger charge is 2.31. The average Bonchev–Trinajstić information content (AvgIpc) is 2.90. The van der Waals surface area contributed by atoms with Crippen LogP contribution in [0.2, 0.25) is 5.02 Å². The third kappa shape index (κ3) is 3.37. The predicted molar refractivity (Wildman–Crippen MR) is 95.0 cm³/mol. The third-order valence-corrected chi connectivity index (χ3v) is 4.80. The Morgan fingerprint density at radius 2 is 2.24 bits per heavy atom. The van der Waals surface area contributed by atoms with Gasteiger partial charge >= 0.3 is 0 Å². The number of carbonyl (C=O) groups excluding carboxylic acids is 1. The van der Waals surface area contributed by atoms with Crippen molar-refractivity contribution in [2.45, 2.75) is 39.0 Å². The van der Waals surface area contributed by atoms with Crippen molar-refractivity contribution in [3.8, 4) is 5.75 Å². The largest absolute Gasteiger partial charge is 0.496 e. The highest BCUT2D eigenvalue weighted by atomic mass is 35.5. The molecule has 0 saturated heterocycles. The van der Waals surface area contributed by atoms with E-state index in [1.807, 2.05) is 33.0 Å². The van der Waals surface area contributed by atoms with E-state index in [2.05, 4.69) is 10.4 Å². The Kier molecular flexibility index (Phi) is 5.01. The molecule has 3 rings (SSSR count). The first-order valence-corrected chi connectivity index (χ1v) is 8.61. The van der Waals surface area contributed by atoms with Gasteiger partial charge < -0.3 is 14.8 Å². The van der Waals surface area contributed by atoms with Gasteiger partial charge in [-0.25, -0.2) is 0 Å². The van der Waals surface area contributed by atoms with E-state index in [1.54, 1.807) is 17.9 Å². The van der Waals surface area contributed by atoms with Crippen molar-refractivity contribution in [1.82, 2.24) is 15.1 Å². The summed E-state index contributed by atoms with van der Waals surface area (Å²) in [5, 5.41) is 7.87. The van der Waals surface area contributed by atoms with E-state index in [1.165, 1.54) is 0 Å². The first-order chi connectivity index (χ1) is 11.9. The molecule has 0 spiro atoms. The lowest BCUT2D eigenvalue weighted by molar-refractivity contribution is -0.00903. The molecule has 25 heavy (non-hydrogen) atoms. The minimum atomic E-state index is -0.222. The van der Waals surface area contributed by atoms with Gasteiger partial charge in [-0.15, -0.1) is 0 Å². The molecule has 1 aromatic heterocycles. The summed E-state index contributed by atoms with van der Waals surface area (Å²) in [6.07, 6.45) is 0.648. The maximum absolute atomic E-state index is 12.7. The van der Waals surface area contributed by atoms with Gasteiger partial charge in [-0.2, -0.15) is 5.10 Å². The van der Waals surface area contributed by atoms with Crippen LogP contribution in [-0.2, 0) is 24.8 Å². The van der Waals surface area contributed by atoms with E-state index in [0.717, 1.165) is 16.8 Å². The number of methoxy groups -OCH3 is 1. The maximum Gasteiger partial charge on any atom is 0.272 e. The lowest BCUT2D eigenvalue weighted by atomic mass is 9.99. The van der Waals surface area contributed by atoms with E-state index in [9.17, 15) is 4.79 Å². The van der Waals surface area contributed by atoms with Crippen LogP contribution in [0.1, 0.15) is 47.3 Å². The molecule has 6 nitrogen and oxygen atoms in total. The monoisotopic (exact) mass is 363 g/mol. The number of hydrogen-bond donors (Lipinski definition) is 1. The summed E-state index contributed by atoms with van der Waals surface area (Å²) in [4.78, 5) is 12.7. The Balaban J connectivity index is 1.83. The quantitative estimate of drug-likeness (QED) is 0.906. The van der Waals surface area contributed by atoms with Crippen LogP contribution in [0.25, 0.3) is 0 Å². The Morgan fingerprint density at radius 1 is 1.48 bits per heavy atom. The van der Waals surface area contributed by atoms with Gasteiger partial charge in [-0.05, 0) is 26.0 Å². The van der Waals surface area contributed by atoms with E-state index in [-0.39, 0.29) is 24.7 Å². The number of nitrogens with zero attached hydrogens (tertiary/aromatic N) is 2. The lowest BCUT2D eigenvalue weighted by Crippen LogP contribution is -2.27. The summed E-state index contributed by atoms with van der Waals surface area (Å²) in [5.74, 6) is 0.423. The molecule has 0 radical (unpaired) electrons. The number of carbonyl (C=O) groups is 1. The minimum absolute atomic E-state index is 0.0573. The Labute approximate surface area is 152 Å². The van der Waals surface area contributed by atoms with Gasteiger partial charge in [0.25, 0.3) is 5.91 Å². The van der Waals surface area contributed by atoms with Crippen molar-refractivity contribution in [3.05, 3.63) is 45.7 Å². The van der Waals surface area contributed by atoms with Gasteiger partial charge in [0.15, 0.2) is 5.69 Å². The molecule has 1 aromatic carbocycles. The standard InChI is InChI=1S/C18H22ClN3O3/c1-10-8-12-16(21-22(3)17(12)11(2)25-10)18(23)20-9-13-14(19)6-5-7-15(13)24-4/h5-7,10-11H,8-9H2,1-4H3,(H,20,23)/t10-,11+/m0/s1. The fourth-order valence-corrected chi connectivity index (χ4v) is 3.61. The van der Waals surface area contributed by atoms with Crippen molar-refractivity contribution < 1.29 is 14.3 Å². The van der Waals surface area contributed by atoms with Gasteiger partial charge in [0.05, 0.1) is 25.0 Å². The van der Waals surface area contributed by atoms with E-state index in [0.29, 0.717) is 22.9 Å². The number of aromatic nitrogens is 2. The zero-order valence-corrected chi connectivity index (χ0v) is 15.6. The summed E-state index contributed by atoms with van der Waals surface area (Å²) >= 11 is 6.23. The Bertz CT molecular complexity index is 803. The summed E-state index contributed by atoms with van der Waals surface area (Å²) in [5.41, 5.74) is 3.11. The molecule has 2 heterocycles. The van der Waals surface area contributed by atoms with E-state index < -0.39 is 0 Å². The molecule has 0 bridgehead atoms. The summed E-state index contributed by atoms with van der Waals surface area (Å²) in [6, 6.07) is 5.40. The molecular weight excluding hydrogens is 342 g/mol. The van der Waals surface area contributed by atoms with E-state index >= 15 is 0 Å². The molecule has 2 aromatic rings. The van der Waals surface area contributed by atoms with Crippen molar-refractivity contribution >= 4 is 17.5 Å². The zero-order chi connectivity index (χ0) is 18.1. The second-order valence-electron chi connectivity index (χ2n) is 6.23. The first-order valence-electron chi connectivity index (χ1n) is 8.23. The molecule has 1 N–H and O–H groups in total. The topological polar surface area (TPSA) is 65.4 Å². The number of aryl methyl sites for hydroxylation is 1. The van der Waals surface area contributed by atoms with Gasteiger partial charge in [0.2, 0.25) is 0 Å². The maximum atomic E-state index is 12.7. The molecule has 0 unspecified atom stereocenters. The van der Waals surface area contributed by atoms with Crippen LogP contribution in [0, 0.1) is 0 Å². The second kappa shape index (κ2) is 7.06. The number of rotatable bonds is 4. The molecule has 0 fully saturated rings. The number of halogens is 1. The summed E-state index contributed by atoms with van der Waals surface area (Å²) < 4.78 is 12.9. The fourth-order valence-electron chi connectivity index (χ4n) is 3.38. The summed E-state index contributed by atoms with van der Waals surface area (Å²) in [7, 11) is 3.41. The number of nitrogens with one attached hydrogen (secondary N) is 1. The minimum Gasteiger partial charge on any atom is -0.496 e. The van der Waals surface area contributed by atoms with Gasteiger partial charge in [-0.3, -0.25) is 9.48 Å². The predicted octanol–water partition coefficient (Wildman–Crippen LogP) is 3.03. The lowest BCUT2D eigenvalue weighted by Gasteiger charge is -2.26. The third-order valence-electron chi connectivity index (χ3n) is 4.44. The van der Waals surface area contributed by atoms with Gasteiger partial charge in [0, 0.05) is 36.2 Å². The molecule has 1 aliphatic rings. The number of hydrogen-bond acceptors (Lipinski definition) is 4. The SMILES string of the molecule is COc1cccc(Cl)c1CNC(=O)c1nn(C)c2c1C[C@H](C)O[C@@H]2C. The second-order valence-corrected chi connectivity index (χ2v) is 6.64. The molecule has 2 atom stereocenters. The molecule has 0 aliphatic carbocycles. The smallest absolute Gasteiger partial charge is 0.272 e. The summed E-state index contributed by atoms with van der Waals surface area (Å²) in [6.45, 7) is 4.25. The van der Waals surface area contributed by atoms with Crippen LogP contribution in [0.4, 0.5) is 0 Å². The van der Waals surface area contributed by atoms with Crippen LogP contribution >= 0.6 is 11.6 Å². The molecule has 7 heteroatoms. The number of fused-ring (bicyclic) bond motifs is 1. The fraction of sp³-hybridized carbons (Fsp3) is 0.444. The first kappa shape index (κ1) is 17.8. The van der Waals surface area contributed by atoms with Gasteiger partial charge in [-0.1, -0.05) is 17.7 Å². The van der Waals surface area contributed by atoms with Gasteiger partial charge in [0.1, 0.15) is 5.75 Å². The number of amides is 1. The average molecular weight is 364 g/mol. The molecule has 0 saturated carbocycles. The van der Waals surface area contributed by atoms with Crippen LogP contribution in [0.5, 0.6) is 5.75 Å². The van der Waals surface area contributed by atoms with Crippen molar-refractivity contribution in [1.29, 1.82) is 0 Å². The van der Waals surface area contributed by atoms with Crippen LogP contribution in [0.3, 0.4) is 0 Å². The van der Waals surface area contributed by atoms with Crippen LogP contribution in [-0.4, -0.2) is 28.9 Å². The van der Waals surface area contributed by atoms with Crippen LogP contribution in [0.15, 0.2) is 18.2 Å². The highest BCUT2D eigenvalue weighted by Crippen LogP contribution is 2.32. The molecular formula is C18H22ClN3O3. The molecule has 1 aliphatic heterocycles. The normalized spacial score (nSPS) is 19.4. The molecule has 1 amide bonds. The van der Waals surface area contributed by atoms with E-state index in [4.69, 9.17) is 21.1 Å². The number of benzene rings is 1.